The molecule has 0 aromatic heterocycles. The lowest BCUT2D eigenvalue weighted by Gasteiger charge is -1.95. The van der Waals surface area contributed by atoms with E-state index in [0.29, 0.717) is 19.6 Å². The maximum Gasteiger partial charge on any atom is 0.306 e. The van der Waals surface area contributed by atoms with Crippen molar-refractivity contribution in [3.05, 3.63) is 0 Å². The third kappa shape index (κ3) is 2.20. The number of rotatable bonds is 1. The first-order valence-corrected chi connectivity index (χ1v) is 2.68. The van der Waals surface area contributed by atoms with Crippen LogP contribution in [0.4, 0.5) is 0 Å². The molecule has 1 atom stereocenters. The lowest BCUT2D eigenvalue weighted by Crippen LogP contribution is -2.13. The minimum absolute atomic E-state index is 0. The molecule has 0 bridgehead atoms. The molecular weight excluding hydrogens is 142 g/mol. The molecule has 0 radical (unpaired) electrons. The molecular formula is C5H10ClNO2. The third-order valence-electron chi connectivity index (χ3n) is 1.27. The molecule has 1 unspecified atom stereocenters. The zero-order chi connectivity index (χ0) is 5.98. The van der Waals surface area contributed by atoms with Crippen molar-refractivity contribution in [2.45, 2.75) is 6.42 Å². The molecule has 1 rings (SSSR count). The van der Waals surface area contributed by atoms with Crippen LogP contribution in [0.2, 0.25) is 0 Å². The van der Waals surface area contributed by atoms with Crippen LogP contribution in [0.5, 0.6) is 0 Å². The van der Waals surface area contributed by atoms with Gasteiger partial charge in [-0.2, -0.15) is 0 Å². The number of carbonyl (C=O) groups is 1. The van der Waals surface area contributed by atoms with Crippen LogP contribution in [0, 0.1) is 5.92 Å². The largest absolute Gasteiger partial charge is 0.465 e. The Labute approximate surface area is 60.0 Å². The summed E-state index contributed by atoms with van der Waals surface area (Å²) < 4.78 is 4.64. The summed E-state index contributed by atoms with van der Waals surface area (Å²) in [5.41, 5.74) is 5.26. The van der Waals surface area contributed by atoms with E-state index in [1.54, 1.807) is 0 Å². The molecule has 0 saturated carbocycles. The summed E-state index contributed by atoms with van der Waals surface area (Å²) in [6.45, 7) is 1.08. The number of ether oxygens (including phenoxy) is 1. The summed E-state index contributed by atoms with van der Waals surface area (Å²) in [7, 11) is 0. The number of nitrogens with two attached hydrogens (primary N) is 1. The Balaban J connectivity index is 0.000000640. The number of cyclic esters (lactones) is 1. The maximum atomic E-state index is 10.3. The van der Waals surface area contributed by atoms with Crippen molar-refractivity contribution in [2.75, 3.05) is 13.2 Å². The van der Waals surface area contributed by atoms with Crippen LogP contribution in [0.3, 0.4) is 0 Å². The van der Waals surface area contributed by atoms with Gasteiger partial charge < -0.3 is 10.5 Å². The van der Waals surface area contributed by atoms with Gasteiger partial charge in [0, 0.05) is 5.92 Å². The Bertz CT molecular complexity index is 107. The van der Waals surface area contributed by atoms with Crippen LogP contribution in [-0.2, 0) is 9.53 Å². The second-order valence-electron chi connectivity index (χ2n) is 1.99. The Kier molecular flexibility index (Phi) is 3.58. The van der Waals surface area contributed by atoms with Crippen LogP contribution >= 0.6 is 12.4 Å². The Hall–Kier alpha value is -0.280. The number of hydrogen-bond donors (Lipinski definition) is 1. The van der Waals surface area contributed by atoms with Crippen LogP contribution in [0.1, 0.15) is 6.42 Å². The first-order valence-electron chi connectivity index (χ1n) is 2.68. The molecule has 3 nitrogen and oxygen atoms in total. The zero-order valence-electron chi connectivity index (χ0n) is 5.00. The van der Waals surface area contributed by atoms with E-state index in [1.165, 1.54) is 0 Å². The highest BCUT2D eigenvalue weighted by molar-refractivity contribution is 5.85. The van der Waals surface area contributed by atoms with Crippen molar-refractivity contribution in [1.82, 2.24) is 0 Å². The first kappa shape index (κ1) is 8.72. The number of hydrogen-bond acceptors (Lipinski definition) is 3. The predicted octanol–water partition coefficient (Wildman–Crippen LogP) is -0.0700. The van der Waals surface area contributed by atoms with E-state index in [9.17, 15) is 4.79 Å². The van der Waals surface area contributed by atoms with E-state index < -0.39 is 0 Å². The van der Waals surface area contributed by atoms with Gasteiger partial charge in [-0.25, -0.2) is 0 Å². The van der Waals surface area contributed by atoms with Gasteiger partial charge in [-0.05, 0) is 6.54 Å². The van der Waals surface area contributed by atoms with Gasteiger partial charge >= 0.3 is 5.97 Å². The van der Waals surface area contributed by atoms with E-state index in [2.05, 4.69) is 4.74 Å². The third-order valence-corrected chi connectivity index (χ3v) is 1.27. The Morgan fingerprint density at radius 1 is 1.78 bits per heavy atom. The van der Waals surface area contributed by atoms with Crippen LogP contribution < -0.4 is 5.73 Å². The molecule has 0 aromatic rings. The molecule has 0 aliphatic carbocycles. The molecule has 1 saturated heterocycles. The first-order chi connectivity index (χ1) is 3.83. The van der Waals surface area contributed by atoms with Crippen molar-refractivity contribution in [1.29, 1.82) is 0 Å². The lowest BCUT2D eigenvalue weighted by atomic mass is 10.1. The number of esters is 1. The van der Waals surface area contributed by atoms with Crippen LogP contribution in [0.15, 0.2) is 0 Å². The maximum absolute atomic E-state index is 10.3. The van der Waals surface area contributed by atoms with Gasteiger partial charge in [0.2, 0.25) is 0 Å². The molecule has 1 aliphatic heterocycles. The Morgan fingerprint density at radius 3 is 2.67 bits per heavy atom. The zero-order valence-corrected chi connectivity index (χ0v) is 5.82. The van der Waals surface area contributed by atoms with E-state index in [4.69, 9.17) is 5.73 Å². The second-order valence-corrected chi connectivity index (χ2v) is 1.99. The fraction of sp³-hybridized carbons (Fsp3) is 0.800. The van der Waals surface area contributed by atoms with Crippen LogP contribution in [0.25, 0.3) is 0 Å². The molecule has 1 aliphatic rings. The van der Waals surface area contributed by atoms with Crippen molar-refractivity contribution >= 4 is 18.4 Å². The van der Waals surface area contributed by atoms with E-state index in [0.717, 1.165) is 0 Å². The summed E-state index contributed by atoms with van der Waals surface area (Å²) in [5.74, 6) is 0.169. The molecule has 2 N–H and O–H groups in total. The minimum atomic E-state index is -0.111. The highest BCUT2D eigenvalue weighted by Gasteiger charge is 2.21. The van der Waals surface area contributed by atoms with Gasteiger partial charge in [-0.15, -0.1) is 12.4 Å². The molecule has 54 valence electrons. The van der Waals surface area contributed by atoms with Crippen molar-refractivity contribution < 1.29 is 9.53 Å². The normalized spacial score (nSPS) is 25.0. The highest BCUT2D eigenvalue weighted by atomic mass is 35.5. The summed E-state index contributed by atoms with van der Waals surface area (Å²) in [6.07, 6.45) is 0.510. The van der Waals surface area contributed by atoms with Gasteiger partial charge in [-0.1, -0.05) is 0 Å². The predicted molar refractivity (Wildman–Crippen MR) is 35.4 cm³/mol. The van der Waals surface area contributed by atoms with Gasteiger partial charge in [0.25, 0.3) is 0 Å². The topological polar surface area (TPSA) is 52.3 Å². The summed E-state index contributed by atoms with van der Waals surface area (Å²) in [6, 6.07) is 0. The van der Waals surface area contributed by atoms with E-state index in [-0.39, 0.29) is 24.3 Å². The summed E-state index contributed by atoms with van der Waals surface area (Å²) in [4.78, 5) is 10.3. The van der Waals surface area contributed by atoms with Gasteiger partial charge in [0.1, 0.15) is 0 Å². The van der Waals surface area contributed by atoms with Gasteiger partial charge in [0.05, 0.1) is 13.0 Å². The lowest BCUT2D eigenvalue weighted by molar-refractivity contribution is -0.137. The molecule has 4 heteroatoms. The molecule has 9 heavy (non-hydrogen) atoms. The monoisotopic (exact) mass is 151 g/mol. The highest BCUT2D eigenvalue weighted by Crippen LogP contribution is 2.10. The van der Waals surface area contributed by atoms with Crippen LogP contribution in [-0.4, -0.2) is 19.1 Å². The van der Waals surface area contributed by atoms with E-state index in [1.807, 2.05) is 0 Å². The molecule has 1 heterocycles. The average Bonchev–Trinajstić information content (AvgIpc) is 2.14. The van der Waals surface area contributed by atoms with Gasteiger partial charge in [0.15, 0.2) is 0 Å². The fourth-order valence-electron chi connectivity index (χ4n) is 0.716. The SMILES string of the molecule is Cl.NCC1COC(=O)C1. The Morgan fingerprint density at radius 2 is 2.44 bits per heavy atom. The minimum Gasteiger partial charge on any atom is -0.465 e. The van der Waals surface area contributed by atoms with E-state index >= 15 is 0 Å². The average molecular weight is 152 g/mol. The van der Waals surface area contributed by atoms with Crippen molar-refractivity contribution in [3.63, 3.8) is 0 Å². The smallest absolute Gasteiger partial charge is 0.306 e. The van der Waals surface area contributed by atoms with Gasteiger partial charge in [-0.3, -0.25) is 4.79 Å². The molecule has 0 amide bonds. The second kappa shape index (κ2) is 3.69. The summed E-state index contributed by atoms with van der Waals surface area (Å²) in [5, 5.41) is 0. The number of carbonyl (C=O) groups excluding carboxylic acids is 1. The van der Waals surface area contributed by atoms with Crippen molar-refractivity contribution in [2.24, 2.45) is 11.7 Å². The standard InChI is InChI=1S/C5H9NO2.ClH/c6-2-4-1-5(7)8-3-4;/h4H,1-3,6H2;1H. The van der Waals surface area contributed by atoms with Crippen molar-refractivity contribution in [3.8, 4) is 0 Å². The molecule has 1 fully saturated rings. The quantitative estimate of drug-likeness (QED) is 0.534. The summed E-state index contributed by atoms with van der Waals surface area (Å²) >= 11 is 0. The molecule has 0 aromatic carbocycles. The number of halogens is 1. The molecule has 0 spiro atoms. The fourth-order valence-corrected chi connectivity index (χ4v) is 0.716.